The predicted octanol–water partition coefficient (Wildman–Crippen LogP) is 4.73. The van der Waals surface area contributed by atoms with Gasteiger partial charge < -0.3 is 15.0 Å². The van der Waals surface area contributed by atoms with Crippen LogP contribution in [0.25, 0.3) is 21.7 Å². The van der Waals surface area contributed by atoms with Crippen LogP contribution < -0.4 is 5.32 Å². The number of nitrogens with zero attached hydrogens (tertiary/aromatic N) is 3. The Bertz CT molecular complexity index is 1460. The molecule has 35 heavy (non-hydrogen) atoms. The highest BCUT2D eigenvalue weighted by Gasteiger charge is 2.26. The Morgan fingerprint density at radius 1 is 1.06 bits per heavy atom. The van der Waals surface area contributed by atoms with Gasteiger partial charge in [-0.15, -0.1) is 0 Å². The summed E-state index contributed by atoms with van der Waals surface area (Å²) in [6.07, 6.45) is 6.64. The number of carbonyl (C=O) groups is 2. The Labute approximate surface area is 203 Å². The largest absolute Gasteiger partial charge is 0.481 e. The monoisotopic (exact) mass is 466 g/mol. The molecule has 176 valence electrons. The number of carboxylic acids is 1. The number of benzene rings is 2. The maximum Gasteiger partial charge on any atom is 0.306 e. The van der Waals surface area contributed by atoms with Gasteiger partial charge in [0, 0.05) is 29.7 Å². The molecule has 0 aliphatic heterocycles. The van der Waals surface area contributed by atoms with Crippen LogP contribution in [0.3, 0.4) is 0 Å². The average molecular weight is 467 g/mol. The zero-order chi connectivity index (χ0) is 24.4. The quantitative estimate of drug-likeness (QED) is 0.427. The van der Waals surface area contributed by atoms with Crippen LogP contribution in [0.15, 0.2) is 60.9 Å². The van der Waals surface area contributed by atoms with E-state index in [9.17, 15) is 20.0 Å². The van der Waals surface area contributed by atoms with Crippen LogP contribution in [0, 0.1) is 23.2 Å². The molecule has 0 atom stereocenters. The van der Waals surface area contributed by atoms with Crippen LogP contribution in [0.4, 0.5) is 0 Å². The van der Waals surface area contributed by atoms with E-state index in [-0.39, 0.29) is 17.7 Å². The minimum Gasteiger partial charge on any atom is -0.481 e. The number of aliphatic carboxylic acids is 1. The molecule has 5 rings (SSSR count). The van der Waals surface area contributed by atoms with Gasteiger partial charge in [-0.2, -0.15) is 5.26 Å². The number of rotatable bonds is 6. The van der Waals surface area contributed by atoms with Crippen LogP contribution in [0.5, 0.6) is 0 Å². The summed E-state index contributed by atoms with van der Waals surface area (Å²) in [5.41, 5.74) is 2.55. The maximum atomic E-state index is 13.3. The highest BCUT2D eigenvalue weighted by atomic mass is 16.4. The van der Waals surface area contributed by atoms with Gasteiger partial charge in [-0.05, 0) is 61.3 Å². The number of nitriles is 1. The van der Waals surface area contributed by atoms with E-state index in [0.717, 1.165) is 40.2 Å². The van der Waals surface area contributed by atoms with Gasteiger partial charge in [-0.25, -0.2) is 0 Å². The zero-order valence-corrected chi connectivity index (χ0v) is 19.3. The highest BCUT2D eigenvalue weighted by Crippen LogP contribution is 2.29. The van der Waals surface area contributed by atoms with Crippen molar-refractivity contribution in [3.63, 3.8) is 0 Å². The van der Waals surface area contributed by atoms with Crippen molar-refractivity contribution in [2.45, 2.75) is 32.2 Å². The highest BCUT2D eigenvalue weighted by molar-refractivity contribution is 6.06. The fraction of sp³-hybridized carbons (Fsp3) is 0.286. The molecule has 2 aromatic heterocycles. The summed E-state index contributed by atoms with van der Waals surface area (Å²) >= 11 is 0. The average Bonchev–Trinajstić information content (AvgIpc) is 3.29. The van der Waals surface area contributed by atoms with Crippen LogP contribution in [0.2, 0.25) is 0 Å². The molecule has 1 aliphatic carbocycles. The minimum atomic E-state index is -0.732. The van der Waals surface area contributed by atoms with Crippen molar-refractivity contribution in [3.8, 4) is 6.07 Å². The molecular weight excluding hydrogens is 440 g/mol. The molecule has 2 N–H and O–H groups in total. The summed E-state index contributed by atoms with van der Waals surface area (Å²) < 4.78 is 2.00. The third-order valence-corrected chi connectivity index (χ3v) is 7.00. The topological polar surface area (TPSA) is 108 Å². The van der Waals surface area contributed by atoms with E-state index in [1.807, 2.05) is 41.2 Å². The molecule has 0 radical (unpaired) electrons. The van der Waals surface area contributed by atoms with Crippen molar-refractivity contribution >= 4 is 33.6 Å². The van der Waals surface area contributed by atoms with Crippen molar-refractivity contribution in [2.24, 2.45) is 11.8 Å². The van der Waals surface area contributed by atoms with Crippen LogP contribution in [-0.4, -0.2) is 33.1 Å². The van der Waals surface area contributed by atoms with E-state index in [2.05, 4.69) is 28.5 Å². The molecule has 7 heteroatoms. The van der Waals surface area contributed by atoms with Crippen molar-refractivity contribution in [1.29, 1.82) is 5.26 Å². The minimum absolute atomic E-state index is 0.223. The smallest absolute Gasteiger partial charge is 0.306 e. The number of fused-ring (bicyclic) bond motifs is 2. The summed E-state index contributed by atoms with van der Waals surface area (Å²) in [5.74, 6) is -0.970. The normalized spacial score (nSPS) is 17.8. The number of pyridine rings is 1. The third-order valence-electron chi connectivity index (χ3n) is 7.00. The first kappa shape index (κ1) is 22.6. The molecule has 7 nitrogen and oxygen atoms in total. The predicted molar refractivity (Wildman–Crippen MR) is 133 cm³/mol. The number of hydrogen-bond donors (Lipinski definition) is 2. The van der Waals surface area contributed by atoms with Crippen LogP contribution >= 0.6 is 0 Å². The van der Waals surface area contributed by atoms with Gasteiger partial charge >= 0.3 is 5.97 Å². The number of nitrogens with one attached hydrogen (secondary N) is 1. The molecule has 2 heterocycles. The second kappa shape index (κ2) is 9.59. The van der Waals surface area contributed by atoms with Gasteiger partial charge in [0.1, 0.15) is 0 Å². The molecule has 1 aliphatic rings. The SMILES string of the molecule is N#Cc1cc(C(=O)NC[C@H]2CC[C@H](C(=O)O)CC2)c2c(ccn2Cc2cc3ccccc3cn2)c1. The molecular formula is C28H26N4O3. The molecule has 1 saturated carbocycles. The van der Waals surface area contributed by atoms with E-state index in [0.29, 0.717) is 37.1 Å². The summed E-state index contributed by atoms with van der Waals surface area (Å²) in [6.45, 7) is 0.996. The number of carboxylic acid groups (broad SMARTS) is 1. The molecule has 2 aromatic carbocycles. The molecule has 0 saturated heterocycles. The van der Waals surface area contributed by atoms with Gasteiger partial charge in [0.15, 0.2) is 0 Å². The first-order valence-corrected chi connectivity index (χ1v) is 11.9. The fourth-order valence-corrected chi connectivity index (χ4v) is 5.05. The second-order valence-electron chi connectivity index (χ2n) is 9.31. The van der Waals surface area contributed by atoms with E-state index < -0.39 is 5.97 Å². The summed E-state index contributed by atoms with van der Waals surface area (Å²) in [7, 11) is 0. The van der Waals surface area contributed by atoms with Gasteiger partial charge in [0.25, 0.3) is 5.91 Å². The van der Waals surface area contributed by atoms with Crippen LogP contribution in [-0.2, 0) is 11.3 Å². The van der Waals surface area contributed by atoms with Gasteiger partial charge in [-0.1, -0.05) is 24.3 Å². The number of aromatic nitrogens is 2. The summed E-state index contributed by atoms with van der Waals surface area (Å²) in [4.78, 5) is 29.1. The van der Waals surface area contributed by atoms with Crippen molar-refractivity contribution < 1.29 is 14.7 Å². The lowest BCUT2D eigenvalue weighted by atomic mass is 9.82. The Morgan fingerprint density at radius 3 is 2.57 bits per heavy atom. The Kier molecular flexibility index (Phi) is 6.19. The molecule has 1 amide bonds. The third kappa shape index (κ3) is 4.73. The Hall–Kier alpha value is -4.18. The molecule has 4 aromatic rings. The number of hydrogen-bond acceptors (Lipinski definition) is 4. The van der Waals surface area contributed by atoms with Gasteiger partial charge in [0.2, 0.25) is 0 Å². The molecule has 0 spiro atoms. The molecule has 0 unspecified atom stereocenters. The maximum absolute atomic E-state index is 13.3. The Morgan fingerprint density at radius 2 is 1.83 bits per heavy atom. The fourth-order valence-electron chi connectivity index (χ4n) is 5.05. The number of carbonyl (C=O) groups excluding carboxylic acids is 1. The van der Waals surface area contributed by atoms with E-state index >= 15 is 0 Å². The first-order valence-electron chi connectivity index (χ1n) is 11.9. The lowest BCUT2D eigenvalue weighted by Crippen LogP contribution is -2.32. The van der Waals surface area contributed by atoms with Crippen molar-refractivity contribution in [2.75, 3.05) is 6.54 Å². The van der Waals surface area contributed by atoms with Gasteiger partial charge in [-0.3, -0.25) is 14.6 Å². The van der Waals surface area contributed by atoms with E-state index in [1.165, 1.54) is 0 Å². The number of amides is 1. The summed E-state index contributed by atoms with van der Waals surface area (Å²) in [5, 5.41) is 24.8. The van der Waals surface area contributed by atoms with Crippen LogP contribution in [0.1, 0.15) is 47.3 Å². The Balaban J connectivity index is 1.39. The zero-order valence-electron chi connectivity index (χ0n) is 19.3. The molecule has 0 bridgehead atoms. The lowest BCUT2D eigenvalue weighted by Gasteiger charge is -2.26. The van der Waals surface area contributed by atoms with Crippen molar-refractivity contribution in [3.05, 3.63) is 77.7 Å². The van der Waals surface area contributed by atoms with E-state index in [4.69, 9.17) is 0 Å². The first-order chi connectivity index (χ1) is 17.0. The lowest BCUT2D eigenvalue weighted by molar-refractivity contribution is -0.143. The van der Waals surface area contributed by atoms with Crippen molar-refractivity contribution in [1.82, 2.24) is 14.9 Å². The summed E-state index contributed by atoms with van der Waals surface area (Å²) in [6, 6.07) is 17.6. The van der Waals surface area contributed by atoms with E-state index in [1.54, 1.807) is 12.1 Å². The second-order valence-corrected chi connectivity index (χ2v) is 9.31. The standard InChI is InChI=1S/C28H26N4O3/c29-14-19-11-22-9-10-32(17-24-13-21-3-1-2-4-23(21)16-30-24)26(22)25(12-19)27(33)31-15-18-5-7-20(8-6-18)28(34)35/h1-4,9-13,16,18,20H,5-8,15,17H2,(H,31,33)(H,34,35)/t18-,20-. The van der Waals surface area contributed by atoms with Gasteiger partial charge in [0.05, 0.1) is 40.9 Å². The molecule has 1 fully saturated rings.